The molecule has 1 spiro atoms. The summed E-state index contributed by atoms with van der Waals surface area (Å²) in [5.74, 6) is -0.0663. The van der Waals surface area contributed by atoms with Gasteiger partial charge in [-0.1, -0.05) is 24.4 Å². The predicted octanol–water partition coefficient (Wildman–Crippen LogP) is 3.11. The molecule has 2 aliphatic rings. The lowest BCUT2D eigenvalue weighted by Gasteiger charge is -2.32. The van der Waals surface area contributed by atoms with Gasteiger partial charge in [-0.15, -0.1) is 0 Å². The first-order valence-corrected chi connectivity index (χ1v) is 8.56. The topological polar surface area (TPSA) is 49.4 Å². The second-order valence-electron chi connectivity index (χ2n) is 5.64. The SMILES string of the molecule is O=C1CCN(c2ccc(I)cc2Cl)C(=O)C2(CCCC2)N1. The maximum absolute atomic E-state index is 13.0. The number of carbonyl (C=O) groups excluding carboxylic acids is 2. The van der Waals surface area contributed by atoms with Crippen molar-refractivity contribution < 1.29 is 9.59 Å². The molecule has 1 aromatic rings. The Morgan fingerprint density at radius 2 is 1.95 bits per heavy atom. The lowest BCUT2D eigenvalue weighted by Crippen LogP contribution is -2.55. The van der Waals surface area contributed by atoms with Crippen LogP contribution in [0.5, 0.6) is 0 Å². The van der Waals surface area contributed by atoms with Gasteiger partial charge in [-0.3, -0.25) is 9.59 Å². The molecule has 1 aromatic carbocycles. The zero-order chi connectivity index (χ0) is 15.0. The van der Waals surface area contributed by atoms with Crippen LogP contribution in [0, 0.1) is 3.57 Å². The second kappa shape index (κ2) is 5.76. The van der Waals surface area contributed by atoms with Crippen molar-refractivity contribution >= 4 is 51.7 Å². The van der Waals surface area contributed by atoms with Gasteiger partial charge in [0.05, 0.1) is 10.7 Å². The van der Waals surface area contributed by atoms with Crippen LogP contribution < -0.4 is 10.2 Å². The van der Waals surface area contributed by atoms with Crippen LogP contribution in [0.1, 0.15) is 32.1 Å². The fourth-order valence-corrected chi connectivity index (χ4v) is 4.16. The van der Waals surface area contributed by atoms with Crippen LogP contribution in [-0.2, 0) is 9.59 Å². The van der Waals surface area contributed by atoms with Gasteiger partial charge in [0.25, 0.3) is 5.91 Å². The number of nitrogens with one attached hydrogen (secondary N) is 1. The van der Waals surface area contributed by atoms with Crippen LogP contribution in [0.3, 0.4) is 0 Å². The van der Waals surface area contributed by atoms with E-state index in [-0.39, 0.29) is 11.8 Å². The smallest absolute Gasteiger partial charge is 0.252 e. The highest BCUT2D eigenvalue weighted by atomic mass is 127. The van der Waals surface area contributed by atoms with Crippen LogP contribution in [0.15, 0.2) is 18.2 Å². The number of nitrogens with zero attached hydrogens (tertiary/aromatic N) is 1. The zero-order valence-electron chi connectivity index (χ0n) is 11.5. The molecule has 4 nitrogen and oxygen atoms in total. The van der Waals surface area contributed by atoms with Crippen LogP contribution in [-0.4, -0.2) is 23.9 Å². The Labute approximate surface area is 142 Å². The first-order valence-electron chi connectivity index (χ1n) is 7.10. The maximum atomic E-state index is 13.0. The predicted molar refractivity (Wildman–Crippen MR) is 90.5 cm³/mol. The van der Waals surface area contributed by atoms with E-state index in [1.165, 1.54) is 0 Å². The first-order chi connectivity index (χ1) is 10.0. The summed E-state index contributed by atoms with van der Waals surface area (Å²) < 4.78 is 1.02. The molecule has 0 unspecified atom stereocenters. The van der Waals surface area contributed by atoms with Gasteiger partial charge in [0.15, 0.2) is 0 Å². The largest absolute Gasteiger partial charge is 0.342 e. The molecule has 0 atom stereocenters. The Morgan fingerprint density at radius 1 is 1.24 bits per heavy atom. The van der Waals surface area contributed by atoms with E-state index in [0.717, 1.165) is 29.3 Å². The van der Waals surface area contributed by atoms with Gasteiger partial charge in [-0.25, -0.2) is 0 Å². The third kappa shape index (κ3) is 2.77. The molecule has 0 aromatic heterocycles. The maximum Gasteiger partial charge on any atom is 0.252 e. The summed E-state index contributed by atoms with van der Waals surface area (Å²) >= 11 is 8.50. The van der Waals surface area contributed by atoms with Crippen LogP contribution >= 0.6 is 34.2 Å². The molecular formula is C15H16ClIN2O2. The third-order valence-corrected chi connectivity index (χ3v) is 5.23. The molecule has 2 amide bonds. The van der Waals surface area contributed by atoms with Crippen LogP contribution in [0.25, 0.3) is 0 Å². The highest BCUT2D eigenvalue weighted by Gasteiger charge is 2.47. The molecule has 1 heterocycles. The summed E-state index contributed by atoms with van der Waals surface area (Å²) in [4.78, 5) is 26.7. The van der Waals surface area contributed by atoms with Gasteiger partial charge >= 0.3 is 0 Å². The quantitative estimate of drug-likeness (QED) is 0.713. The number of rotatable bonds is 1. The molecular weight excluding hydrogens is 403 g/mol. The molecule has 0 radical (unpaired) electrons. The minimum absolute atomic E-state index is 0.0195. The van der Waals surface area contributed by atoms with Crippen molar-refractivity contribution in [3.8, 4) is 0 Å². The van der Waals surface area contributed by atoms with E-state index in [1.807, 2.05) is 18.2 Å². The zero-order valence-corrected chi connectivity index (χ0v) is 14.4. The van der Waals surface area contributed by atoms with E-state index in [2.05, 4.69) is 27.9 Å². The lowest BCUT2D eigenvalue weighted by atomic mass is 9.95. The number of amides is 2. The van der Waals surface area contributed by atoms with Gasteiger partial charge in [0.1, 0.15) is 5.54 Å². The molecule has 1 saturated heterocycles. The van der Waals surface area contributed by atoms with Gasteiger partial charge in [-0.2, -0.15) is 0 Å². The summed E-state index contributed by atoms with van der Waals surface area (Å²) in [6.07, 6.45) is 3.70. The highest BCUT2D eigenvalue weighted by molar-refractivity contribution is 14.1. The number of hydrogen-bond donors (Lipinski definition) is 1. The molecule has 0 bridgehead atoms. The van der Waals surface area contributed by atoms with E-state index < -0.39 is 5.54 Å². The molecule has 112 valence electrons. The van der Waals surface area contributed by atoms with E-state index in [1.54, 1.807) is 4.90 Å². The van der Waals surface area contributed by atoms with Gasteiger partial charge < -0.3 is 10.2 Å². The Bertz CT molecular complexity index is 599. The third-order valence-electron chi connectivity index (χ3n) is 4.25. The van der Waals surface area contributed by atoms with Crippen LogP contribution in [0.2, 0.25) is 5.02 Å². The van der Waals surface area contributed by atoms with Crippen molar-refractivity contribution in [2.45, 2.75) is 37.6 Å². The molecule has 6 heteroatoms. The molecule has 1 saturated carbocycles. The van der Waals surface area contributed by atoms with Crippen molar-refractivity contribution in [1.82, 2.24) is 5.32 Å². The monoisotopic (exact) mass is 418 g/mol. The number of halogens is 2. The van der Waals surface area contributed by atoms with Crippen molar-refractivity contribution in [2.75, 3.05) is 11.4 Å². The summed E-state index contributed by atoms with van der Waals surface area (Å²) in [7, 11) is 0. The lowest BCUT2D eigenvalue weighted by molar-refractivity contribution is -0.129. The Hall–Kier alpha value is -0.820. The van der Waals surface area contributed by atoms with Crippen molar-refractivity contribution in [2.24, 2.45) is 0 Å². The standard InChI is InChI=1S/C15H16ClIN2O2/c16-11-9-10(17)3-4-12(11)19-8-5-13(20)18-15(14(19)21)6-1-2-7-15/h3-4,9H,1-2,5-8H2,(H,18,20). The van der Waals surface area contributed by atoms with E-state index in [0.29, 0.717) is 23.7 Å². The van der Waals surface area contributed by atoms with E-state index >= 15 is 0 Å². The summed E-state index contributed by atoms with van der Waals surface area (Å²) in [6, 6.07) is 5.63. The van der Waals surface area contributed by atoms with Crippen molar-refractivity contribution in [1.29, 1.82) is 0 Å². The van der Waals surface area contributed by atoms with Crippen molar-refractivity contribution in [3.05, 3.63) is 26.8 Å². The molecule has 1 aliphatic heterocycles. The summed E-state index contributed by atoms with van der Waals surface area (Å²) in [6.45, 7) is 0.382. The Morgan fingerprint density at radius 3 is 2.62 bits per heavy atom. The summed E-state index contributed by atoms with van der Waals surface area (Å²) in [5.41, 5.74) is -0.0234. The average molecular weight is 419 g/mol. The normalized spacial score (nSPS) is 21.5. The fraction of sp³-hybridized carbons (Fsp3) is 0.467. The Kier molecular flexibility index (Phi) is 4.14. The fourth-order valence-electron chi connectivity index (χ4n) is 3.20. The number of anilines is 1. The minimum atomic E-state index is -0.722. The van der Waals surface area contributed by atoms with Gasteiger partial charge in [0.2, 0.25) is 5.91 Å². The van der Waals surface area contributed by atoms with E-state index in [4.69, 9.17) is 11.6 Å². The molecule has 3 rings (SSSR count). The average Bonchev–Trinajstić information content (AvgIpc) is 2.85. The Balaban J connectivity index is 2.00. The van der Waals surface area contributed by atoms with E-state index in [9.17, 15) is 9.59 Å². The summed E-state index contributed by atoms with van der Waals surface area (Å²) in [5, 5.41) is 3.51. The molecule has 1 aliphatic carbocycles. The number of benzene rings is 1. The highest BCUT2D eigenvalue weighted by Crippen LogP contribution is 2.36. The minimum Gasteiger partial charge on any atom is -0.342 e. The van der Waals surface area contributed by atoms with Crippen molar-refractivity contribution in [3.63, 3.8) is 0 Å². The second-order valence-corrected chi connectivity index (χ2v) is 7.29. The van der Waals surface area contributed by atoms with Gasteiger partial charge in [0, 0.05) is 16.5 Å². The number of carbonyl (C=O) groups is 2. The molecule has 1 N–H and O–H groups in total. The first kappa shape index (κ1) is 15.1. The van der Waals surface area contributed by atoms with Gasteiger partial charge in [-0.05, 0) is 53.6 Å². The van der Waals surface area contributed by atoms with Crippen LogP contribution in [0.4, 0.5) is 5.69 Å². The molecule has 21 heavy (non-hydrogen) atoms. The number of hydrogen-bond acceptors (Lipinski definition) is 2. The molecule has 2 fully saturated rings.